The Labute approximate surface area is 423 Å². The van der Waals surface area contributed by atoms with Gasteiger partial charge in [-0.2, -0.15) is 0 Å². The predicted molar refractivity (Wildman–Crippen MR) is 301 cm³/mol. The summed E-state index contributed by atoms with van der Waals surface area (Å²) in [5.41, 5.74) is 24.4. The molecule has 13 aromatic rings. The molecule has 0 N–H and O–H groups in total. The van der Waals surface area contributed by atoms with E-state index in [0.717, 1.165) is 51.9 Å². The molecule has 2 aliphatic carbocycles. The SMILES string of the molecule is Cc1c(-c2cc(-c3ccc4c(c3)CC4)cc(-n3c4ccccc4c4c3ccc3c5ccccc5n(-c5ccc(-c6nc(-c7ccccc7)nc(-c7ccccc7)n6)cc5)c34)c2)cccc1-c1ccc2c(c1)CC2. The van der Waals surface area contributed by atoms with Crippen LogP contribution >= 0.6 is 0 Å². The Bertz CT molecular complexity index is 4310. The molecule has 10 aromatic carbocycles. The maximum absolute atomic E-state index is 5.06. The summed E-state index contributed by atoms with van der Waals surface area (Å²) in [4.78, 5) is 15.1. The lowest BCUT2D eigenvalue weighted by Gasteiger charge is -2.21. The van der Waals surface area contributed by atoms with Crippen molar-refractivity contribution in [2.75, 3.05) is 0 Å². The molecule has 0 unspecified atom stereocenters. The van der Waals surface area contributed by atoms with Gasteiger partial charge in [-0.05, 0) is 154 Å². The average molecular weight is 934 g/mol. The van der Waals surface area contributed by atoms with E-state index in [1.54, 1.807) is 0 Å². The first-order valence-electron chi connectivity index (χ1n) is 25.5. The van der Waals surface area contributed by atoms with E-state index in [1.165, 1.54) is 107 Å². The molecule has 0 aliphatic heterocycles. The van der Waals surface area contributed by atoms with E-state index >= 15 is 0 Å². The van der Waals surface area contributed by atoms with Crippen molar-refractivity contribution in [3.8, 4) is 78.9 Å². The molecule has 0 saturated carbocycles. The highest BCUT2D eigenvalue weighted by molar-refractivity contribution is 6.26. The van der Waals surface area contributed by atoms with Crippen LogP contribution in [0.2, 0.25) is 0 Å². The molecule has 0 radical (unpaired) electrons. The Hall–Kier alpha value is -9.19. The Morgan fingerprint density at radius 3 is 1.47 bits per heavy atom. The van der Waals surface area contributed by atoms with E-state index in [-0.39, 0.29) is 0 Å². The predicted octanol–water partition coefficient (Wildman–Crippen LogP) is 16.6. The van der Waals surface area contributed by atoms with Gasteiger partial charge in [0, 0.05) is 49.6 Å². The average Bonchev–Trinajstić information content (AvgIpc) is 4.00. The summed E-state index contributed by atoms with van der Waals surface area (Å²) >= 11 is 0. The number of aromatic nitrogens is 5. The molecular formula is C68H47N5. The number of aryl methyl sites for hydroxylation is 4. The van der Waals surface area contributed by atoms with Gasteiger partial charge in [0.2, 0.25) is 0 Å². The van der Waals surface area contributed by atoms with Crippen molar-refractivity contribution in [1.29, 1.82) is 0 Å². The van der Waals surface area contributed by atoms with Crippen molar-refractivity contribution in [2.45, 2.75) is 32.6 Å². The molecule has 0 spiro atoms. The summed E-state index contributed by atoms with van der Waals surface area (Å²) in [5.74, 6) is 1.92. The van der Waals surface area contributed by atoms with Gasteiger partial charge < -0.3 is 9.13 Å². The summed E-state index contributed by atoms with van der Waals surface area (Å²) < 4.78 is 4.97. The molecule has 73 heavy (non-hydrogen) atoms. The molecule has 5 heteroatoms. The zero-order valence-corrected chi connectivity index (χ0v) is 40.3. The molecule has 344 valence electrons. The quantitative estimate of drug-likeness (QED) is 0.153. The van der Waals surface area contributed by atoms with E-state index < -0.39 is 0 Å². The second kappa shape index (κ2) is 16.4. The highest BCUT2D eigenvalue weighted by atomic mass is 15.0. The number of hydrogen-bond donors (Lipinski definition) is 0. The number of hydrogen-bond acceptors (Lipinski definition) is 3. The van der Waals surface area contributed by atoms with E-state index in [4.69, 9.17) is 15.0 Å². The van der Waals surface area contributed by atoms with Crippen molar-refractivity contribution in [3.63, 3.8) is 0 Å². The summed E-state index contributed by atoms with van der Waals surface area (Å²) in [5, 5.41) is 4.86. The molecule has 0 fully saturated rings. The van der Waals surface area contributed by atoms with Gasteiger partial charge in [0.1, 0.15) is 0 Å². The Kier molecular flexibility index (Phi) is 9.36. The third-order valence-corrected chi connectivity index (χ3v) is 15.8. The van der Waals surface area contributed by atoms with Crippen molar-refractivity contribution in [2.24, 2.45) is 0 Å². The molecule has 0 saturated heterocycles. The molecule has 0 bridgehead atoms. The minimum Gasteiger partial charge on any atom is -0.309 e. The Morgan fingerprint density at radius 1 is 0.315 bits per heavy atom. The van der Waals surface area contributed by atoms with Crippen molar-refractivity contribution < 1.29 is 0 Å². The molecule has 3 aromatic heterocycles. The first kappa shape index (κ1) is 41.6. The van der Waals surface area contributed by atoms with Crippen LogP contribution in [0.1, 0.15) is 27.8 Å². The molecule has 0 atom stereocenters. The van der Waals surface area contributed by atoms with Crippen molar-refractivity contribution in [1.82, 2.24) is 24.1 Å². The maximum Gasteiger partial charge on any atom is 0.164 e. The van der Waals surface area contributed by atoms with Gasteiger partial charge in [0.15, 0.2) is 17.5 Å². The highest BCUT2D eigenvalue weighted by Crippen LogP contribution is 2.44. The number of para-hydroxylation sites is 2. The van der Waals surface area contributed by atoms with Crippen molar-refractivity contribution in [3.05, 3.63) is 246 Å². The van der Waals surface area contributed by atoms with Crippen LogP contribution in [0.3, 0.4) is 0 Å². The second-order valence-corrected chi connectivity index (χ2v) is 19.9. The van der Waals surface area contributed by atoms with Gasteiger partial charge in [0.25, 0.3) is 0 Å². The molecule has 5 nitrogen and oxygen atoms in total. The number of rotatable bonds is 8. The van der Waals surface area contributed by atoms with Crippen LogP contribution in [0.15, 0.2) is 218 Å². The maximum atomic E-state index is 5.06. The fourth-order valence-corrected chi connectivity index (χ4v) is 11.8. The third-order valence-electron chi connectivity index (χ3n) is 15.8. The second-order valence-electron chi connectivity index (χ2n) is 19.9. The van der Waals surface area contributed by atoms with Crippen LogP contribution < -0.4 is 0 Å². The van der Waals surface area contributed by atoms with Crippen LogP contribution in [0.5, 0.6) is 0 Å². The minimum atomic E-state index is 0.632. The van der Waals surface area contributed by atoms with Gasteiger partial charge in [-0.15, -0.1) is 0 Å². The monoisotopic (exact) mass is 933 g/mol. The lowest BCUT2D eigenvalue weighted by atomic mass is 9.84. The zero-order chi connectivity index (χ0) is 48.1. The van der Waals surface area contributed by atoms with Gasteiger partial charge in [0.05, 0.1) is 22.1 Å². The van der Waals surface area contributed by atoms with E-state index in [2.05, 4.69) is 174 Å². The first-order valence-corrected chi connectivity index (χ1v) is 25.5. The van der Waals surface area contributed by atoms with Gasteiger partial charge >= 0.3 is 0 Å². The normalized spacial score (nSPS) is 12.8. The summed E-state index contributed by atoms with van der Waals surface area (Å²) in [7, 11) is 0. The van der Waals surface area contributed by atoms with E-state index in [1.807, 2.05) is 60.7 Å². The van der Waals surface area contributed by atoms with Gasteiger partial charge in [-0.3, -0.25) is 0 Å². The minimum absolute atomic E-state index is 0.632. The number of fused-ring (bicyclic) bond motifs is 9. The lowest BCUT2D eigenvalue weighted by Crippen LogP contribution is -2.07. The molecular weight excluding hydrogens is 887 g/mol. The summed E-state index contributed by atoms with van der Waals surface area (Å²) in [6.45, 7) is 2.30. The van der Waals surface area contributed by atoms with Crippen LogP contribution in [-0.2, 0) is 25.7 Å². The summed E-state index contributed by atoms with van der Waals surface area (Å²) in [6.07, 6.45) is 4.66. The van der Waals surface area contributed by atoms with Gasteiger partial charge in [-0.25, -0.2) is 15.0 Å². The topological polar surface area (TPSA) is 48.5 Å². The molecule has 3 heterocycles. The lowest BCUT2D eigenvalue weighted by molar-refractivity contribution is 0.840. The fraction of sp³-hybridized carbons (Fsp3) is 0.0735. The fourth-order valence-electron chi connectivity index (χ4n) is 11.8. The van der Waals surface area contributed by atoms with Crippen LogP contribution in [0, 0.1) is 6.92 Å². The molecule has 2 aliphatic rings. The molecule has 0 amide bonds. The number of nitrogens with zero attached hydrogens (tertiary/aromatic N) is 5. The van der Waals surface area contributed by atoms with Crippen LogP contribution in [-0.4, -0.2) is 24.1 Å². The standard InChI is InChI=1S/C68H47N5/c1-42-56(51-30-26-44-24-28-49(44)38-51)19-12-20-57(42)53-39-52(50-29-25-43-23-27-48(43)37-50)40-55(41-53)72-62-22-11-9-18-60(62)64-63(72)36-35-59-58-17-8-10-21-61(58)73(65(59)64)54-33-31-47(32-34-54)68-70-66(45-13-4-2-5-14-45)69-67(71-68)46-15-6-3-7-16-46/h2-22,25-26,29-41H,23-24,27-28H2,1H3. The third kappa shape index (κ3) is 6.73. The van der Waals surface area contributed by atoms with E-state index in [0.29, 0.717) is 17.5 Å². The van der Waals surface area contributed by atoms with Crippen LogP contribution in [0.4, 0.5) is 0 Å². The summed E-state index contributed by atoms with van der Waals surface area (Å²) in [6, 6.07) is 79.8. The Balaban J connectivity index is 0.927. The molecule has 15 rings (SSSR count). The van der Waals surface area contributed by atoms with E-state index in [9.17, 15) is 0 Å². The highest BCUT2D eigenvalue weighted by Gasteiger charge is 2.24. The van der Waals surface area contributed by atoms with Crippen LogP contribution in [0.25, 0.3) is 123 Å². The van der Waals surface area contributed by atoms with Crippen molar-refractivity contribution >= 4 is 43.6 Å². The number of benzene rings is 10. The Morgan fingerprint density at radius 2 is 0.836 bits per heavy atom. The first-order chi connectivity index (χ1) is 36.1. The zero-order valence-electron chi connectivity index (χ0n) is 40.3. The largest absolute Gasteiger partial charge is 0.309 e. The smallest absolute Gasteiger partial charge is 0.164 e. The van der Waals surface area contributed by atoms with Gasteiger partial charge in [-0.1, -0.05) is 158 Å².